The molecule has 0 aliphatic carbocycles. The standard InChI is InChI=1S/C10H21NO3/c1-10(2,3)8(9(13)14)7(12)6-11(4)5/h7-8,12H,6H2,1-5H3,(H,13,14)/t7-,8?/m0/s1. The molecule has 0 bridgehead atoms. The number of hydrogen-bond donors (Lipinski definition) is 2. The van der Waals surface area contributed by atoms with Gasteiger partial charge in [0.1, 0.15) is 0 Å². The van der Waals surface area contributed by atoms with Crippen molar-refractivity contribution in [2.24, 2.45) is 11.3 Å². The molecule has 0 spiro atoms. The highest BCUT2D eigenvalue weighted by Gasteiger charge is 2.37. The van der Waals surface area contributed by atoms with Crippen LogP contribution < -0.4 is 0 Å². The summed E-state index contributed by atoms with van der Waals surface area (Å²) >= 11 is 0. The molecule has 0 aromatic rings. The van der Waals surface area contributed by atoms with Crippen LogP contribution in [0.1, 0.15) is 20.8 Å². The molecular formula is C10H21NO3. The molecule has 4 heteroatoms. The highest BCUT2D eigenvalue weighted by molar-refractivity contribution is 5.71. The molecule has 0 heterocycles. The summed E-state index contributed by atoms with van der Waals surface area (Å²) in [4.78, 5) is 12.8. The van der Waals surface area contributed by atoms with Crippen LogP contribution in [0.4, 0.5) is 0 Å². The molecule has 0 rings (SSSR count). The number of hydrogen-bond acceptors (Lipinski definition) is 3. The third-order valence-electron chi connectivity index (χ3n) is 2.14. The first-order chi connectivity index (χ1) is 6.16. The van der Waals surface area contributed by atoms with Crippen molar-refractivity contribution >= 4 is 5.97 Å². The Kier molecular flexibility index (Phi) is 4.55. The zero-order chi connectivity index (χ0) is 11.5. The van der Waals surface area contributed by atoms with Gasteiger partial charge < -0.3 is 15.1 Å². The third-order valence-corrected chi connectivity index (χ3v) is 2.14. The SMILES string of the molecule is CN(C)C[C@H](O)C(C(=O)O)C(C)(C)C. The van der Waals surface area contributed by atoms with E-state index in [-0.39, 0.29) is 0 Å². The van der Waals surface area contributed by atoms with E-state index in [4.69, 9.17) is 5.11 Å². The Morgan fingerprint density at radius 2 is 1.79 bits per heavy atom. The van der Waals surface area contributed by atoms with E-state index in [9.17, 15) is 9.90 Å². The van der Waals surface area contributed by atoms with Crippen molar-refractivity contribution < 1.29 is 15.0 Å². The number of carboxylic acids is 1. The van der Waals surface area contributed by atoms with Crippen molar-refractivity contribution in [1.82, 2.24) is 4.90 Å². The smallest absolute Gasteiger partial charge is 0.309 e. The number of likely N-dealkylation sites (N-methyl/N-ethyl adjacent to an activating group) is 1. The van der Waals surface area contributed by atoms with Crippen molar-refractivity contribution in [3.8, 4) is 0 Å². The van der Waals surface area contributed by atoms with Gasteiger partial charge in [-0.1, -0.05) is 20.8 Å². The summed E-state index contributed by atoms with van der Waals surface area (Å²) in [5.41, 5.74) is -0.429. The van der Waals surface area contributed by atoms with Crippen molar-refractivity contribution in [3.63, 3.8) is 0 Å². The average Bonchev–Trinajstić information content (AvgIpc) is 1.78. The van der Waals surface area contributed by atoms with E-state index in [0.717, 1.165) is 0 Å². The fourth-order valence-corrected chi connectivity index (χ4v) is 1.59. The zero-order valence-electron chi connectivity index (χ0n) is 9.61. The average molecular weight is 203 g/mol. The van der Waals surface area contributed by atoms with Crippen molar-refractivity contribution in [2.45, 2.75) is 26.9 Å². The van der Waals surface area contributed by atoms with Gasteiger partial charge in [-0.2, -0.15) is 0 Å². The van der Waals surface area contributed by atoms with Gasteiger partial charge in [0.05, 0.1) is 12.0 Å². The number of carboxylic acid groups (broad SMARTS) is 1. The lowest BCUT2D eigenvalue weighted by atomic mass is 9.77. The Labute approximate surface area is 85.5 Å². The van der Waals surface area contributed by atoms with Crippen LogP contribution in [0, 0.1) is 11.3 Å². The molecule has 0 amide bonds. The molecule has 0 radical (unpaired) electrons. The van der Waals surface area contributed by atoms with Gasteiger partial charge >= 0.3 is 5.97 Å². The normalized spacial score (nSPS) is 16.8. The fraction of sp³-hybridized carbons (Fsp3) is 0.900. The molecular weight excluding hydrogens is 182 g/mol. The van der Waals surface area contributed by atoms with Crippen LogP contribution in [0.2, 0.25) is 0 Å². The highest BCUT2D eigenvalue weighted by atomic mass is 16.4. The van der Waals surface area contributed by atoms with E-state index in [2.05, 4.69) is 0 Å². The first-order valence-corrected chi connectivity index (χ1v) is 4.72. The minimum atomic E-state index is -0.938. The second-order valence-corrected chi connectivity index (χ2v) is 5.01. The minimum Gasteiger partial charge on any atom is -0.481 e. The second kappa shape index (κ2) is 4.75. The number of carbonyl (C=O) groups is 1. The minimum absolute atomic E-state index is 0.369. The largest absolute Gasteiger partial charge is 0.481 e. The summed E-state index contributed by atoms with van der Waals surface area (Å²) in [6, 6.07) is 0. The molecule has 2 atom stereocenters. The molecule has 0 fully saturated rings. The van der Waals surface area contributed by atoms with Crippen molar-refractivity contribution in [1.29, 1.82) is 0 Å². The fourth-order valence-electron chi connectivity index (χ4n) is 1.59. The lowest BCUT2D eigenvalue weighted by Gasteiger charge is -2.32. The Bertz CT molecular complexity index is 196. The third kappa shape index (κ3) is 4.07. The van der Waals surface area contributed by atoms with E-state index in [1.165, 1.54) is 0 Å². The first kappa shape index (κ1) is 13.4. The van der Waals surface area contributed by atoms with E-state index >= 15 is 0 Å². The topological polar surface area (TPSA) is 60.8 Å². The summed E-state index contributed by atoms with van der Waals surface area (Å²) in [6.45, 7) is 5.84. The molecule has 0 saturated carbocycles. The summed E-state index contributed by atoms with van der Waals surface area (Å²) in [7, 11) is 3.62. The van der Waals surface area contributed by atoms with Crippen molar-refractivity contribution in [2.75, 3.05) is 20.6 Å². The van der Waals surface area contributed by atoms with Gasteiger partial charge in [0, 0.05) is 6.54 Å². The van der Waals surface area contributed by atoms with E-state index in [1.807, 2.05) is 34.9 Å². The Morgan fingerprint density at radius 1 is 1.36 bits per heavy atom. The maximum absolute atomic E-state index is 11.0. The molecule has 0 saturated heterocycles. The van der Waals surface area contributed by atoms with Crippen LogP contribution in [0.15, 0.2) is 0 Å². The molecule has 0 aromatic heterocycles. The molecule has 1 unspecified atom stereocenters. The van der Waals surface area contributed by atoms with E-state index < -0.39 is 23.4 Å². The highest BCUT2D eigenvalue weighted by Crippen LogP contribution is 2.29. The number of aliphatic hydroxyl groups excluding tert-OH is 1. The van der Waals surface area contributed by atoms with Crippen LogP contribution >= 0.6 is 0 Å². The van der Waals surface area contributed by atoms with Crippen LogP contribution in [0.5, 0.6) is 0 Å². The van der Waals surface area contributed by atoms with E-state index in [1.54, 1.807) is 4.90 Å². The van der Waals surface area contributed by atoms with Gasteiger partial charge in [-0.15, -0.1) is 0 Å². The second-order valence-electron chi connectivity index (χ2n) is 5.01. The number of nitrogens with zero attached hydrogens (tertiary/aromatic N) is 1. The van der Waals surface area contributed by atoms with Gasteiger partial charge in [-0.3, -0.25) is 4.79 Å². The van der Waals surface area contributed by atoms with Gasteiger partial charge in [-0.25, -0.2) is 0 Å². The maximum atomic E-state index is 11.0. The number of aliphatic hydroxyl groups is 1. The zero-order valence-corrected chi connectivity index (χ0v) is 9.61. The number of aliphatic carboxylic acids is 1. The van der Waals surface area contributed by atoms with Gasteiger partial charge in [0.2, 0.25) is 0 Å². The molecule has 0 aliphatic rings. The molecule has 84 valence electrons. The van der Waals surface area contributed by atoms with Crippen LogP contribution in [0.3, 0.4) is 0 Å². The first-order valence-electron chi connectivity index (χ1n) is 4.72. The molecule has 2 N–H and O–H groups in total. The van der Waals surface area contributed by atoms with Crippen LogP contribution in [-0.2, 0) is 4.79 Å². The lowest BCUT2D eigenvalue weighted by molar-refractivity contribution is -0.151. The number of rotatable bonds is 4. The monoisotopic (exact) mass is 203 g/mol. The molecule has 4 nitrogen and oxygen atoms in total. The molecule has 14 heavy (non-hydrogen) atoms. The Morgan fingerprint density at radius 3 is 2.00 bits per heavy atom. The predicted molar refractivity (Wildman–Crippen MR) is 55.1 cm³/mol. The summed E-state index contributed by atoms with van der Waals surface area (Å²) in [5.74, 6) is -1.67. The van der Waals surface area contributed by atoms with Gasteiger partial charge in [0.25, 0.3) is 0 Å². The van der Waals surface area contributed by atoms with Gasteiger partial charge in [-0.05, 0) is 19.5 Å². The Balaban J connectivity index is 4.59. The maximum Gasteiger partial charge on any atom is 0.309 e. The summed E-state index contributed by atoms with van der Waals surface area (Å²) in [6.07, 6.45) is -0.831. The van der Waals surface area contributed by atoms with E-state index in [0.29, 0.717) is 6.54 Å². The lowest BCUT2D eigenvalue weighted by Crippen LogP contribution is -2.43. The Hall–Kier alpha value is -0.610. The molecule has 0 aromatic carbocycles. The van der Waals surface area contributed by atoms with Gasteiger partial charge in [0.15, 0.2) is 0 Å². The quantitative estimate of drug-likeness (QED) is 0.704. The summed E-state index contributed by atoms with van der Waals surface area (Å²) in [5, 5.41) is 18.8. The van der Waals surface area contributed by atoms with Crippen LogP contribution in [-0.4, -0.2) is 47.8 Å². The summed E-state index contributed by atoms with van der Waals surface area (Å²) < 4.78 is 0. The predicted octanol–water partition coefficient (Wildman–Crippen LogP) is 0.656. The molecule has 0 aliphatic heterocycles. The van der Waals surface area contributed by atoms with Crippen LogP contribution in [0.25, 0.3) is 0 Å². The van der Waals surface area contributed by atoms with Crippen molar-refractivity contribution in [3.05, 3.63) is 0 Å².